The van der Waals surface area contributed by atoms with Crippen molar-refractivity contribution in [2.24, 2.45) is 17.1 Å². The predicted molar refractivity (Wildman–Crippen MR) is 61.7 cm³/mol. The highest BCUT2D eigenvalue weighted by Gasteiger charge is 2.39. The number of hydrogen-bond acceptors (Lipinski definition) is 3. The Balaban J connectivity index is 1.86. The SMILES string of the molecule is CC1CCN(CC2(C)COCC2N)CC1. The number of piperidine rings is 1. The lowest BCUT2D eigenvalue weighted by Crippen LogP contribution is -2.48. The molecule has 0 radical (unpaired) electrons. The molecule has 3 heteroatoms. The molecule has 0 amide bonds. The van der Waals surface area contributed by atoms with E-state index in [1.54, 1.807) is 0 Å². The highest BCUT2D eigenvalue weighted by molar-refractivity contribution is 4.93. The summed E-state index contributed by atoms with van der Waals surface area (Å²) in [6, 6.07) is 0.219. The van der Waals surface area contributed by atoms with Gasteiger partial charge in [-0.25, -0.2) is 0 Å². The average molecular weight is 212 g/mol. The van der Waals surface area contributed by atoms with Crippen molar-refractivity contribution in [2.45, 2.75) is 32.7 Å². The molecule has 0 aromatic heterocycles. The van der Waals surface area contributed by atoms with Gasteiger partial charge < -0.3 is 15.4 Å². The van der Waals surface area contributed by atoms with Gasteiger partial charge in [0.05, 0.1) is 13.2 Å². The van der Waals surface area contributed by atoms with Crippen LogP contribution in [0.2, 0.25) is 0 Å². The van der Waals surface area contributed by atoms with Crippen molar-refractivity contribution < 1.29 is 4.74 Å². The topological polar surface area (TPSA) is 38.5 Å². The van der Waals surface area contributed by atoms with E-state index in [1.165, 1.54) is 25.9 Å². The van der Waals surface area contributed by atoms with E-state index < -0.39 is 0 Å². The van der Waals surface area contributed by atoms with Gasteiger partial charge >= 0.3 is 0 Å². The fraction of sp³-hybridized carbons (Fsp3) is 1.00. The van der Waals surface area contributed by atoms with Crippen LogP contribution in [-0.2, 0) is 4.74 Å². The summed E-state index contributed by atoms with van der Waals surface area (Å²) < 4.78 is 5.48. The lowest BCUT2D eigenvalue weighted by Gasteiger charge is -2.37. The molecule has 2 aliphatic rings. The number of hydrogen-bond donors (Lipinski definition) is 1. The average Bonchev–Trinajstić information content (AvgIpc) is 2.51. The molecule has 2 N–H and O–H groups in total. The summed E-state index contributed by atoms with van der Waals surface area (Å²) in [4.78, 5) is 2.56. The van der Waals surface area contributed by atoms with E-state index in [9.17, 15) is 0 Å². The van der Waals surface area contributed by atoms with E-state index in [0.717, 1.165) is 25.7 Å². The molecular weight excluding hydrogens is 188 g/mol. The summed E-state index contributed by atoms with van der Waals surface area (Å²) in [6.07, 6.45) is 2.68. The van der Waals surface area contributed by atoms with Gasteiger partial charge in [-0.05, 0) is 31.8 Å². The first-order valence-electron chi connectivity index (χ1n) is 6.16. The van der Waals surface area contributed by atoms with Crippen LogP contribution in [0.5, 0.6) is 0 Å². The zero-order valence-electron chi connectivity index (χ0n) is 10.0. The fourth-order valence-electron chi connectivity index (χ4n) is 2.62. The Morgan fingerprint density at radius 3 is 2.60 bits per heavy atom. The van der Waals surface area contributed by atoms with E-state index in [0.29, 0.717) is 0 Å². The molecule has 88 valence electrons. The molecule has 2 saturated heterocycles. The van der Waals surface area contributed by atoms with Gasteiger partial charge in [0.2, 0.25) is 0 Å². The minimum Gasteiger partial charge on any atom is -0.379 e. The minimum atomic E-state index is 0.181. The van der Waals surface area contributed by atoms with Crippen LogP contribution in [0, 0.1) is 11.3 Å². The van der Waals surface area contributed by atoms with E-state index in [2.05, 4.69) is 18.7 Å². The molecule has 2 rings (SSSR count). The molecule has 2 aliphatic heterocycles. The first kappa shape index (κ1) is 11.4. The molecule has 2 fully saturated rings. The molecule has 15 heavy (non-hydrogen) atoms. The number of nitrogens with zero attached hydrogens (tertiary/aromatic N) is 1. The van der Waals surface area contributed by atoms with Crippen LogP contribution < -0.4 is 5.73 Å². The summed E-state index contributed by atoms with van der Waals surface area (Å²) in [5.74, 6) is 0.905. The fourth-order valence-corrected chi connectivity index (χ4v) is 2.62. The van der Waals surface area contributed by atoms with Crippen LogP contribution in [0.3, 0.4) is 0 Å². The Kier molecular flexibility index (Phi) is 3.33. The van der Waals surface area contributed by atoms with Crippen molar-refractivity contribution in [3.8, 4) is 0 Å². The molecule has 0 bridgehead atoms. The van der Waals surface area contributed by atoms with Gasteiger partial charge in [0.1, 0.15) is 0 Å². The second-order valence-corrected chi connectivity index (χ2v) is 5.73. The quantitative estimate of drug-likeness (QED) is 0.744. The number of likely N-dealkylation sites (tertiary alicyclic amines) is 1. The summed E-state index contributed by atoms with van der Waals surface area (Å²) in [5, 5.41) is 0. The molecule has 3 nitrogen and oxygen atoms in total. The van der Waals surface area contributed by atoms with E-state index in [1.807, 2.05) is 0 Å². The largest absolute Gasteiger partial charge is 0.379 e. The Labute approximate surface area is 93.0 Å². The smallest absolute Gasteiger partial charge is 0.0624 e. The summed E-state index contributed by atoms with van der Waals surface area (Å²) >= 11 is 0. The Bertz CT molecular complexity index is 214. The monoisotopic (exact) mass is 212 g/mol. The molecule has 0 saturated carbocycles. The van der Waals surface area contributed by atoms with Crippen LogP contribution in [0.25, 0.3) is 0 Å². The van der Waals surface area contributed by atoms with E-state index in [-0.39, 0.29) is 11.5 Å². The highest BCUT2D eigenvalue weighted by Crippen LogP contribution is 2.29. The molecule has 0 aromatic carbocycles. The molecular formula is C12H24N2O. The number of rotatable bonds is 2. The lowest BCUT2D eigenvalue weighted by atomic mass is 9.84. The normalized spacial score (nSPS) is 39.8. The first-order chi connectivity index (χ1) is 7.10. The van der Waals surface area contributed by atoms with Crippen molar-refractivity contribution in [3.05, 3.63) is 0 Å². The molecule has 0 aliphatic carbocycles. The third-order valence-corrected chi connectivity index (χ3v) is 4.09. The Morgan fingerprint density at radius 1 is 1.40 bits per heavy atom. The maximum Gasteiger partial charge on any atom is 0.0624 e. The van der Waals surface area contributed by atoms with Crippen LogP contribution in [0.15, 0.2) is 0 Å². The third-order valence-electron chi connectivity index (χ3n) is 4.09. The van der Waals surface area contributed by atoms with Crippen molar-refractivity contribution in [3.63, 3.8) is 0 Å². The minimum absolute atomic E-state index is 0.181. The van der Waals surface area contributed by atoms with Gasteiger partial charge in [-0.2, -0.15) is 0 Å². The van der Waals surface area contributed by atoms with Gasteiger partial charge in [-0.15, -0.1) is 0 Å². The summed E-state index contributed by atoms with van der Waals surface area (Å²) in [5.41, 5.74) is 6.29. The Morgan fingerprint density at radius 2 is 2.07 bits per heavy atom. The highest BCUT2D eigenvalue weighted by atomic mass is 16.5. The van der Waals surface area contributed by atoms with Crippen molar-refractivity contribution in [1.29, 1.82) is 0 Å². The number of ether oxygens (including phenoxy) is 1. The van der Waals surface area contributed by atoms with Crippen molar-refractivity contribution in [1.82, 2.24) is 4.90 Å². The molecule has 0 aromatic rings. The summed E-state index contributed by atoms with van der Waals surface area (Å²) in [7, 11) is 0. The maximum atomic E-state index is 6.11. The number of nitrogens with two attached hydrogens (primary N) is 1. The van der Waals surface area contributed by atoms with Gasteiger partial charge in [0, 0.05) is 18.0 Å². The lowest BCUT2D eigenvalue weighted by molar-refractivity contribution is 0.0976. The summed E-state index contributed by atoms with van der Waals surface area (Å²) in [6.45, 7) is 9.78. The zero-order valence-corrected chi connectivity index (χ0v) is 10.0. The molecule has 2 atom stereocenters. The first-order valence-corrected chi connectivity index (χ1v) is 6.16. The Hall–Kier alpha value is -0.120. The third kappa shape index (κ3) is 2.52. The van der Waals surface area contributed by atoms with Gasteiger partial charge in [-0.3, -0.25) is 0 Å². The van der Waals surface area contributed by atoms with Crippen molar-refractivity contribution in [2.75, 3.05) is 32.8 Å². The van der Waals surface area contributed by atoms with E-state index in [4.69, 9.17) is 10.5 Å². The predicted octanol–water partition coefficient (Wildman–Crippen LogP) is 1.08. The van der Waals surface area contributed by atoms with Crippen LogP contribution in [0.4, 0.5) is 0 Å². The molecule has 2 unspecified atom stereocenters. The standard InChI is InChI=1S/C12H24N2O/c1-10-3-5-14(6-4-10)8-12(2)9-15-7-11(12)13/h10-11H,3-9,13H2,1-2H3. The van der Waals surface area contributed by atoms with Gasteiger partial charge in [-0.1, -0.05) is 13.8 Å². The van der Waals surface area contributed by atoms with Crippen molar-refractivity contribution >= 4 is 0 Å². The van der Waals surface area contributed by atoms with Crippen LogP contribution in [0.1, 0.15) is 26.7 Å². The van der Waals surface area contributed by atoms with Gasteiger partial charge in [0.15, 0.2) is 0 Å². The van der Waals surface area contributed by atoms with E-state index >= 15 is 0 Å². The molecule has 2 heterocycles. The maximum absolute atomic E-state index is 6.11. The zero-order chi connectivity index (χ0) is 10.9. The van der Waals surface area contributed by atoms with Crippen LogP contribution in [-0.4, -0.2) is 43.8 Å². The van der Waals surface area contributed by atoms with Gasteiger partial charge in [0.25, 0.3) is 0 Å². The second-order valence-electron chi connectivity index (χ2n) is 5.73. The van der Waals surface area contributed by atoms with Crippen LogP contribution >= 0.6 is 0 Å². The second kappa shape index (κ2) is 4.40. The molecule has 0 spiro atoms.